The van der Waals surface area contributed by atoms with E-state index in [2.05, 4.69) is 0 Å². The number of anilines is 1. The van der Waals surface area contributed by atoms with Crippen LogP contribution in [0.25, 0.3) is 0 Å². The van der Waals surface area contributed by atoms with Crippen molar-refractivity contribution < 1.29 is 19.4 Å². The van der Waals surface area contributed by atoms with Gasteiger partial charge in [0.25, 0.3) is 5.91 Å². The Morgan fingerprint density at radius 2 is 1.80 bits per heavy atom. The van der Waals surface area contributed by atoms with Gasteiger partial charge in [-0.15, -0.1) is 11.3 Å². The average Bonchev–Trinajstić information content (AvgIpc) is 3.40. The number of carbonyl (C=O) groups is 2. The molecule has 0 bridgehead atoms. The summed E-state index contributed by atoms with van der Waals surface area (Å²) in [4.78, 5) is 28.4. The normalized spacial score (nSPS) is 16.2. The number of carbonyl (C=O) groups excluding carboxylic acids is 2. The van der Waals surface area contributed by atoms with E-state index in [1.54, 1.807) is 31.4 Å². The Hall–Kier alpha value is -3.38. The molecule has 1 aliphatic rings. The fourth-order valence-corrected chi connectivity index (χ4v) is 4.48. The Labute approximate surface area is 178 Å². The molecular weight excluding hydrogens is 398 g/mol. The molecule has 1 N–H and O–H groups in total. The van der Waals surface area contributed by atoms with Crippen LogP contribution in [-0.4, -0.2) is 23.9 Å². The molecule has 152 valence electrons. The lowest BCUT2D eigenvalue weighted by Gasteiger charge is -2.26. The van der Waals surface area contributed by atoms with Crippen molar-refractivity contribution >= 4 is 28.7 Å². The number of methoxy groups -OCH3 is 1. The summed E-state index contributed by atoms with van der Waals surface area (Å²) in [5.74, 6) is -0.600. The van der Waals surface area contributed by atoms with Crippen molar-refractivity contribution in [2.75, 3.05) is 12.0 Å². The molecule has 1 aliphatic heterocycles. The molecule has 0 saturated heterocycles. The minimum absolute atomic E-state index is 0.161. The molecule has 2 aromatic carbocycles. The Morgan fingerprint density at radius 1 is 1.07 bits per heavy atom. The number of aliphatic hydroxyl groups excluding tert-OH is 1. The maximum absolute atomic E-state index is 13.1. The molecule has 1 unspecified atom stereocenters. The lowest BCUT2D eigenvalue weighted by Crippen LogP contribution is -2.30. The maximum Gasteiger partial charge on any atom is 0.294 e. The van der Waals surface area contributed by atoms with Gasteiger partial charge in [0, 0.05) is 17.0 Å². The summed E-state index contributed by atoms with van der Waals surface area (Å²) in [6.07, 6.45) is 0.763. The third kappa shape index (κ3) is 3.74. The minimum Gasteiger partial charge on any atom is -0.503 e. The van der Waals surface area contributed by atoms with Crippen molar-refractivity contribution in [2.45, 2.75) is 18.9 Å². The fourth-order valence-electron chi connectivity index (χ4n) is 3.65. The Morgan fingerprint density at radius 3 is 2.43 bits per heavy atom. The van der Waals surface area contributed by atoms with Gasteiger partial charge in [0.2, 0.25) is 0 Å². The van der Waals surface area contributed by atoms with Crippen LogP contribution in [0.15, 0.2) is 83.4 Å². The first-order valence-electron chi connectivity index (χ1n) is 9.61. The van der Waals surface area contributed by atoms with E-state index in [1.165, 1.54) is 16.2 Å². The lowest BCUT2D eigenvalue weighted by atomic mass is 9.97. The molecule has 0 spiro atoms. The van der Waals surface area contributed by atoms with Crippen LogP contribution < -0.4 is 9.64 Å². The van der Waals surface area contributed by atoms with Crippen molar-refractivity contribution in [3.8, 4) is 5.75 Å². The predicted octanol–water partition coefficient (Wildman–Crippen LogP) is 4.86. The van der Waals surface area contributed by atoms with Crippen LogP contribution in [0.1, 0.15) is 22.9 Å². The number of rotatable bonds is 7. The molecule has 1 amide bonds. The zero-order valence-electron chi connectivity index (χ0n) is 16.4. The van der Waals surface area contributed by atoms with E-state index in [9.17, 15) is 14.7 Å². The van der Waals surface area contributed by atoms with Crippen LogP contribution in [0.2, 0.25) is 0 Å². The summed E-state index contributed by atoms with van der Waals surface area (Å²) < 4.78 is 5.20. The number of hydrogen-bond acceptors (Lipinski definition) is 5. The third-order valence-electron chi connectivity index (χ3n) is 5.16. The molecule has 0 radical (unpaired) electrons. The number of amides is 1. The van der Waals surface area contributed by atoms with Gasteiger partial charge in [-0.3, -0.25) is 14.5 Å². The SMILES string of the molecule is COc1ccc(N2C(=O)C(O)=C(C(=O)CCc3ccccc3)C2c2cccs2)cc1. The number of hydrogen-bond donors (Lipinski definition) is 1. The van der Waals surface area contributed by atoms with E-state index in [0.717, 1.165) is 10.4 Å². The van der Waals surface area contributed by atoms with Gasteiger partial charge in [0.15, 0.2) is 11.5 Å². The second-order valence-corrected chi connectivity index (χ2v) is 7.94. The molecule has 0 aliphatic carbocycles. The smallest absolute Gasteiger partial charge is 0.294 e. The molecule has 0 fully saturated rings. The molecule has 0 saturated carbocycles. The number of benzene rings is 2. The van der Waals surface area contributed by atoms with E-state index >= 15 is 0 Å². The molecule has 1 aromatic heterocycles. The number of thiophene rings is 1. The molecule has 30 heavy (non-hydrogen) atoms. The molecule has 1 atom stereocenters. The Balaban J connectivity index is 1.67. The van der Waals surface area contributed by atoms with E-state index in [-0.39, 0.29) is 17.8 Å². The summed E-state index contributed by atoms with van der Waals surface area (Å²) in [6.45, 7) is 0. The summed E-state index contributed by atoms with van der Waals surface area (Å²) in [7, 11) is 1.57. The molecule has 4 rings (SSSR count). The van der Waals surface area contributed by atoms with Gasteiger partial charge in [0.05, 0.1) is 12.7 Å². The van der Waals surface area contributed by atoms with E-state index in [0.29, 0.717) is 17.9 Å². The van der Waals surface area contributed by atoms with Gasteiger partial charge >= 0.3 is 0 Å². The quantitative estimate of drug-likeness (QED) is 0.594. The maximum atomic E-state index is 13.1. The van der Waals surface area contributed by atoms with Crippen molar-refractivity contribution in [3.05, 3.63) is 93.9 Å². The van der Waals surface area contributed by atoms with Gasteiger partial charge in [-0.1, -0.05) is 36.4 Å². The highest BCUT2D eigenvalue weighted by Gasteiger charge is 2.44. The number of Topliss-reactive ketones (excluding diaryl/α,β-unsaturated/α-hetero) is 1. The number of aliphatic hydroxyl groups is 1. The number of nitrogens with zero attached hydrogens (tertiary/aromatic N) is 1. The van der Waals surface area contributed by atoms with Crippen LogP contribution in [0.5, 0.6) is 5.75 Å². The number of ketones is 1. The second-order valence-electron chi connectivity index (χ2n) is 6.96. The third-order valence-corrected chi connectivity index (χ3v) is 6.08. The van der Waals surface area contributed by atoms with Crippen LogP contribution in [0.4, 0.5) is 5.69 Å². The van der Waals surface area contributed by atoms with E-state index in [1.807, 2.05) is 47.8 Å². The standard InChI is InChI=1S/C24H21NO4S/c1-29-18-12-10-17(11-13-18)25-22(20-8-5-15-30-20)21(23(27)24(25)28)19(26)14-9-16-6-3-2-4-7-16/h2-8,10-13,15,22,27H,9,14H2,1H3. The topological polar surface area (TPSA) is 66.8 Å². The molecule has 6 heteroatoms. The van der Waals surface area contributed by atoms with Crippen molar-refractivity contribution in [1.29, 1.82) is 0 Å². The van der Waals surface area contributed by atoms with Gasteiger partial charge in [-0.2, -0.15) is 0 Å². The number of ether oxygens (including phenoxy) is 1. The monoisotopic (exact) mass is 419 g/mol. The van der Waals surface area contributed by atoms with Crippen molar-refractivity contribution in [2.24, 2.45) is 0 Å². The molecule has 2 heterocycles. The summed E-state index contributed by atoms with van der Waals surface area (Å²) in [6, 6.07) is 19.8. The van der Waals surface area contributed by atoms with E-state index in [4.69, 9.17) is 4.74 Å². The highest BCUT2D eigenvalue weighted by Crippen LogP contribution is 2.43. The van der Waals surface area contributed by atoms with Crippen LogP contribution in [-0.2, 0) is 16.0 Å². The van der Waals surface area contributed by atoms with Gasteiger partial charge in [-0.25, -0.2) is 0 Å². The first-order chi connectivity index (χ1) is 14.6. The molecule has 5 nitrogen and oxygen atoms in total. The van der Waals surface area contributed by atoms with Crippen LogP contribution >= 0.6 is 11.3 Å². The van der Waals surface area contributed by atoms with Gasteiger partial charge in [-0.05, 0) is 47.7 Å². The summed E-state index contributed by atoms with van der Waals surface area (Å²) in [5, 5.41) is 12.6. The zero-order chi connectivity index (χ0) is 21.1. The Bertz CT molecular complexity index is 1070. The second kappa shape index (κ2) is 8.55. The van der Waals surface area contributed by atoms with Crippen LogP contribution in [0.3, 0.4) is 0 Å². The van der Waals surface area contributed by atoms with E-state index < -0.39 is 17.7 Å². The largest absolute Gasteiger partial charge is 0.503 e. The average molecular weight is 420 g/mol. The first kappa shape index (κ1) is 19.9. The first-order valence-corrected chi connectivity index (χ1v) is 10.5. The zero-order valence-corrected chi connectivity index (χ0v) is 17.3. The van der Waals surface area contributed by atoms with Gasteiger partial charge in [0.1, 0.15) is 11.8 Å². The number of aryl methyl sites for hydroxylation is 1. The summed E-state index contributed by atoms with van der Waals surface area (Å²) in [5.41, 5.74) is 1.79. The van der Waals surface area contributed by atoms with Crippen molar-refractivity contribution in [3.63, 3.8) is 0 Å². The summed E-state index contributed by atoms with van der Waals surface area (Å²) >= 11 is 1.45. The fraction of sp³-hybridized carbons (Fsp3) is 0.167. The lowest BCUT2D eigenvalue weighted by molar-refractivity contribution is -0.118. The molecular formula is C24H21NO4S. The highest BCUT2D eigenvalue weighted by molar-refractivity contribution is 7.10. The van der Waals surface area contributed by atoms with Crippen LogP contribution in [0, 0.1) is 0 Å². The van der Waals surface area contributed by atoms with Gasteiger partial charge < -0.3 is 9.84 Å². The Kier molecular flexibility index (Phi) is 5.68. The van der Waals surface area contributed by atoms with Crippen molar-refractivity contribution in [1.82, 2.24) is 0 Å². The predicted molar refractivity (Wildman–Crippen MR) is 117 cm³/mol. The highest BCUT2D eigenvalue weighted by atomic mass is 32.1. The minimum atomic E-state index is -0.644. The molecule has 3 aromatic rings.